The first-order valence-electron chi connectivity index (χ1n) is 9.56. The summed E-state index contributed by atoms with van der Waals surface area (Å²) in [6.45, 7) is 4.52. The Morgan fingerprint density at radius 3 is 2.67 bits per heavy atom. The van der Waals surface area contributed by atoms with Crippen molar-refractivity contribution in [3.63, 3.8) is 0 Å². The number of piperidine rings is 1. The van der Waals surface area contributed by atoms with Gasteiger partial charge in [-0.25, -0.2) is 0 Å². The second-order valence-electron chi connectivity index (χ2n) is 7.52. The number of carbonyl (C=O) groups is 1. The van der Waals surface area contributed by atoms with Crippen molar-refractivity contribution >= 4 is 17.3 Å². The summed E-state index contributed by atoms with van der Waals surface area (Å²) in [6.07, 6.45) is 3.93. The summed E-state index contributed by atoms with van der Waals surface area (Å²) in [6, 6.07) is 4.78. The molecule has 1 aromatic rings. The van der Waals surface area contributed by atoms with Crippen molar-refractivity contribution in [3.05, 3.63) is 33.9 Å². The normalized spacial score (nSPS) is 19.1. The average molecular weight is 376 g/mol. The van der Waals surface area contributed by atoms with E-state index in [0.717, 1.165) is 51.9 Å². The predicted molar refractivity (Wildman–Crippen MR) is 103 cm³/mol. The third-order valence-corrected chi connectivity index (χ3v) is 5.62. The van der Waals surface area contributed by atoms with E-state index in [9.17, 15) is 14.9 Å². The number of anilines is 1. The highest BCUT2D eigenvalue weighted by atomic mass is 16.6. The number of ether oxygens (including phenoxy) is 1. The van der Waals surface area contributed by atoms with Crippen LogP contribution in [-0.2, 0) is 4.74 Å². The van der Waals surface area contributed by atoms with Gasteiger partial charge in [-0.05, 0) is 50.9 Å². The number of hydrogen-bond acceptors (Lipinski definition) is 6. The van der Waals surface area contributed by atoms with Crippen molar-refractivity contribution in [2.24, 2.45) is 5.41 Å². The number of nitro benzene ring substituents is 1. The van der Waals surface area contributed by atoms with Crippen LogP contribution in [0.1, 0.15) is 36.0 Å². The number of nitro groups is 1. The van der Waals surface area contributed by atoms with E-state index in [1.807, 2.05) is 4.90 Å². The number of methoxy groups -OCH3 is 1. The molecule has 2 fully saturated rings. The van der Waals surface area contributed by atoms with Crippen LogP contribution in [0, 0.1) is 15.5 Å². The molecule has 2 aliphatic heterocycles. The van der Waals surface area contributed by atoms with Gasteiger partial charge in [-0.3, -0.25) is 14.9 Å². The van der Waals surface area contributed by atoms with Crippen LogP contribution in [0.15, 0.2) is 18.2 Å². The number of nitrogens with one attached hydrogen (secondary N) is 2. The SMILES string of the molecule is COCC1(CNC(=O)c2ccc(N3CCCC3)c([N+](=O)[O-])c2)CCNCC1. The van der Waals surface area contributed by atoms with Gasteiger partial charge in [0, 0.05) is 43.8 Å². The van der Waals surface area contributed by atoms with Crippen molar-refractivity contribution in [2.75, 3.05) is 51.3 Å². The number of rotatable bonds is 7. The number of carbonyl (C=O) groups excluding carboxylic acids is 1. The fourth-order valence-corrected chi connectivity index (χ4v) is 4.04. The van der Waals surface area contributed by atoms with Gasteiger partial charge >= 0.3 is 0 Å². The Morgan fingerprint density at radius 2 is 2.04 bits per heavy atom. The summed E-state index contributed by atoms with van der Waals surface area (Å²) in [5.41, 5.74) is 0.837. The molecule has 2 aliphatic rings. The topological polar surface area (TPSA) is 96.7 Å². The maximum Gasteiger partial charge on any atom is 0.293 e. The van der Waals surface area contributed by atoms with Crippen LogP contribution in [0.5, 0.6) is 0 Å². The van der Waals surface area contributed by atoms with Crippen LogP contribution in [-0.4, -0.2) is 57.3 Å². The quantitative estimate of drug-likeness (QED) is 0.558. The zero-order valence-corrected chi connectivity index (χ0v) is 15.8. The molecule has 27 heavy (non-hydrogen) atoms. The standard InChI is InChI=1S/C19H28N4O4/c1-27-14-19(6-8-20-9-7-19)13-21-18(24)15-4-5-16(17(12-15)23(25)26)22-10-2-3-11-22/h4-5,12,20H,2-3,6-11,13-14H2,1H3,(H,21,24). The molecule has 0 unspecified atom stereocenters. The Morgan fingerprint density at radius 1 is 1.33 bits per heavy atom. The van der Waals surface area contributed by atoms with Crippen LogP contribution in [0.2, 0.25) is 0 Å². The minimum absolute atomic E-state index is 0.00183. The van der Waals surface area contributed by atoms with Gasteiger partial charge < -0.3 is 20.3 Å². The monoisotopic (exact) mass is 376 g/mol. The summed E-state index contributed by atoms with van der Waals surface area (Å²) in [7, 11) is 1.67. The van der Waals surface area contributed by atoms with E-state index < -0.39 is 4.92 Å². The summed E-state index contributed by atoms with van der Waals surface area (Å²) >= 11 is 0. The Kier molecular flexibility index (Phi) is 6.28. The Labute approximate surface area is 159 Å². The van der Waals surface area contributed by atoms with Gasteiger partial charge in [0.25, 0.3) is 11.6 Å². The van der Waals surface area contributed by atoms with E-state index in [1.165, 1.54) is 6.07 Å². The molecule has 2 N–H and O–H groups in total. The van der Waals surface area contributed by atoms with Gasteiger partial charge in [-0.2, -0.15) is 0 Å². The van der Waals surface area contributed by atoms with Gasteiger partial charge in [-0.15, -0.1) is 0 Å². The van der Waals surface area contributed by atoms with Gasteiger partial charge in [0.1, 0.15) is 5.69 Å². The third kappa shape index (κ3) is 4.56. The van der Waals surface area contributed by atoms with Crippen molar-refractivity contribution in [3.8, 4) is 0 Å². The van der Waals surface area contributed by atoms with E-state index >= 15 is 0 Å². The molecule has 0 aliphatic carbocycles. The molecule has 0 aromatic heterocycles. The van der Waals surface area contributed by atoms with Gasteiger partial charge in [0.05, 0.1) is 11.5 Å². The molecule has 0 bridgehead atoms. The second-order valence-corrected chi connectivity index (χ2v) is 7.52. The lowest BCUT2D eigenvalue weighted by Gasteiger charge is -2.37. The Hall–Kier alpha value is -2.19. The van der Waals surface area contributed by atoms with Gasteiger partial charge in [0.2, 0.25) is 0 Å². The zero-order chi connectivity index (χ0) is 19.3. The molecular weight excluding hydrogens is 348 g/mol. The Balaban J connectivity index is 1.72. The lowest BCUT2D eigenvalue weighted by molar-refractivity contribution is -0.384. The molecule has 0 radical (unpaired) electrons. The van der Waals surface area contributed by atoms with Crippen LogP contribution >= 0.6 is 0 Å². The smallest absolute Gasteiger partial charge is 0.293 e. The van der Waals surface area contributed by atoms with E-state index in [0.29, 0.717) is 24.4 Å². The first-order chi connectivity index (χ1) is 13.0. The van der Waals surface area contributed by atoms with E-state index in [4.69, 9.17) is 4.74 Å². The van der Waals surface area contributed by atoms with Crippen LogP contribution < -0.4 is 15.5 Å². The van der Waals surface area contributed by atoms with E-state index in [-0.39, 0.29) is 17.0 Å². The first-order valence-corrected chi connectivity index (χ1v) is 9.56. The zero-order valence-electron chi connectivity index (χ0n) is 15.8. The van der Waals surface area contributed by atoms with Gasteiger partial charge in [0.15, 0.2) is 0 Å². The maximum absolute atomic E-state index is 12.6. The molecule has 1 amide bonds. The van der Waals surface area contributed by atoms with Crippen molar-refractivity contribution in [1.29, 1.82) is 0 Å². The number of amides is 1. The minimum Gasteiger partial charge on any atom is -0.384 e. The van der Waals surface area contributed by atoms with Gasteiger partial charge in [-0.1, -0.05) is 0 Å². The van der Waals surface area contributed by atoms with E-state index in [1.54, 1.807) is 19.2 Å². The van der Waals surface area contributed by atoms with E-state index in [2.05, 4.69) is 10.6 Å². The summed E-state index contributed by atoms with van der Waals surface area (Å²) in [5.74, 6) is -0.278. The summed E-state index contributed by atoms with van der Waals surface area (Å²) in [5, 5.41) is 17.8. The van der Waals surface area contributed by atoms with Crippen molar-refractivity contribution in [1.82, 2.24) is 10.6 Å². The molecule has 148 valence electrons. The number of hydrogen-bond donors (Lipinski definition) is 2. The number of benzene rings is 1. The van der Waals surface area contributed by atoms with Crippen LogP contribution in [0.4, 0.5) is 11.4 Å². The lowest BCUT2D eigenvalue weighted by Crippen LogP contribution is -2.47. The molecule has 2 heterocycles. The first kappa shape index (κ1) is 19.6. The summed E-state index contributed by atoms with van der Waals surface area (Å²) in [4.78, 5) is 25.8. The lowest BCUT2D eigenvalue weighted by atomic mass is 9.79. The molecule has 1 aromatic carbocycles. The Bertz CT molecular complexity index is 677. The summed E-state index contributed by atoms with van der Waals surface area (Å²) < 4.78 is 5.37. The highest BCUT2D eigenvalue weighted by Gasteiger charge is 2.33. The van der Waals surface area contributed by atoms with Crippen LogP contribution in [0.25, 0.3) is 0 Å². The molecule has 0 atom stereocenters. The molecule has 0 spiro atoms. The second kappa shape index (κ2) is 8.67. The van der Waals surface area contributed by atoms with Crippen molar-refractivity contribution in [2.45, 2.75) is 25.7 Å². The van der Waals surface area contributed by atoms with Crippen LogP contribution in [0.3, 0.4) is 0 Å². The molecule has 8 nitrogen and oxygen atoms in total. The molecule has 2 saturated heterocycles. The fraction of sp³-hybridized carbons (Fsp3) is 0.632. The molecule has 8 heteroatoms. The predicted octanol–water partition coefficient (Wildman–Crippen LogP) is 1.94. The third-order valence-electron chi connectivity index (χ3n) is 5.62. The fourth-order valence-electron chi connectivity index (χ4n) is 4.04. The van der Waals surface area contributed by atoms with Crippen molar-refractivity contribution < 1.29 is 14.5 Å². The largest absolute Gasteiger partial charge is 0.384 e. The molecular formula is C19H28N4O4. The highest BCUT2D eigenvalue weighted by Crippen LogP contribution is 2.32. The number of nitrogens with zero attached hydrogens (tertiary/aromatic N) is 2. The average Bonchev–Trinajstić information content (AvgIpc) is 3.21. The molecule has 3 rings (SSSR count). The molecule has 0 saturated carbocycles. The maximum atomic E-state index is 12.6. The highest BCUT2D eigenvalue weighted by molar-refractivity contribution is 5.95. The minimum atomic E-state index is -0.399.